The van der Waals surface area contributed by atoms with Gasteiger partial charge in [0.1, 0.15) is 5.82 Å². The van der Waals surface area contributed by atoms with E-state index in [1.165, 1.54) is 12.5 Å². The first kappa shape index (κ1) is 15.6. The van der Waals surface area contributed by atoms with Crippen LogP contribution in [0.15, 0.2) is 22.7 Å². The first-order valence-electron chi connectivity index (χ1n) is 6.85. The third kappa shape index (κ3) is 5.07. The predicted molar refractivity (Wildman–Crippen MR) is 79.4 cm³/mol. The number of halogens is 2. The second kappa shape index (κ2) is 8.65. The van der Waals surface area contributed by atoms with E-state index in [-0.39, 0.29) is 5.82 Å². The molecule has 0 aromatic heterocycles. The Bertz CT molecular complexity index is 354. The van der Waals surface area contributed by atoms with Crippen molar-refractivity contribution in [3.05, 3.63) is 34.1 Å². The molecule has 1 nitrogen and oxygen atoms in total. The van der Waals surface area contributed by atoms with Gasteiger partial charge in [0.25, 0.3) is 0 Å². The van der Waals surface area contributed by atoms with Crippen molar-refractivity contribution in [3.63, 3.8) is 0 Å². The summed E-state index contributed by atoms with van der Waals surface area (Å²) >= 11 is 3.32. The van der Waals surface area contributed by atoms with Gasteiger partial charge in [0.2, 0.25) is 0 Å². The van der Waals surface area contributed by atoms with E-state index in [1.54, 1.807) is 6.07 Å². The zero-order chi connectivity index (χ0) is 13.4. The van der Waals surface area contributed by atoms with Crippen LogP contribution in [-0.2, 0) is 6.42 Å². The molecule has 1 aromatic carbocycles. The van der Waals surface area contributed by atoms with E-state index in [0.717, 1.165) is 37.8 Å². The van der Waals surface area contributed by atoms with Crippen LogP contribution in [0.5, 0.6) is 0 Å². The molecule has 0 saturated heterocycles. The molecule has 0 bridgehead atoms. The first-order valence-corrected chi connectivity index (χ1v) is 7.64. The van der Waals surface area contributed by atoms with Crippen LogP contribution in [0.2, 0.25) is 0 Å². The highest BCUT2D eigenvalue weighted by Crippen LogP contribution is 2.22. The lowest BCUT2D eigenvalue weighted by Gasteiger charge is -2.16. The van der Waals surface area contributed by atoms with Crippen LogP contribution in [0.4, 0.5) is 4.39 Å². The molecule has 1 rings (SSSR count). The van der Waals surface area contributed by atoms with Crippen LogP contribution >= 0.6 is 15.9 Å². The maximum absolute atomic E-state index is 13.3. The summed E-state index contributed by atoms with van der Waals surface area (Å²) in [7, 11) is 0. The van der Waals surface area contributed by atoms with Gasteiger partial charge in [-0.05, 0) is 66.2 Å². The molecular weight excluding hydrogens is 293 g/mol. The van der Waals surface area contributed by atoms with Gasteiger partial charge in [-0.25, -0.2) is 4.39 Å². The van der Waals surface area contributed by atoms with Crippen molar-refractivity contribution >= 4 is 15.9 Å². The molecule has 0 fully saturated rings. The average molecular weight is 316 g/mol. The highest BCUT2D eigenvalue weighted by atomic mass is 79.9. The molecule has 0 spiro atoms. The third-order valence-corrected chi connectivity index (χ3v) is 4.09. The Labute approximate surface area is 118 Å². The van der Waals surface area contributed by atoms with Crippen LogP contribution in [0, 0.1) is 5.82 Å². The number of hydrogen-bond donors (Lipinski definition) is 1. The van der Waals surface area contributed by atoms with Crippen molar-refractivity contribution in [3.8, 4) is 0 Å². The van der Waals surface area contributed by atoms with Gasteiger partial charge in [-0.15, -0.1) is 0 Å². The maximum Gasteiger partial charge on any atom is 0.137 e. The molecule has 0 amide bonds. The Balaban J connectivity index is 2.38. The number of aryl methyl sites for hydroxylation is 1. The molecule has 0 radical (unpaired) electrons. The molecule has 102 valence electrons. The summed E-state index contributed by atoms with van der Waals surface area (Å²) in [5, 5.41) is 3.55. The molecule has 0 aliphatic rings. The molecule has 1 unspecified atom stereocenters. The lowest BCUT2D eigenvalue weighted by molar-refractivity contribution is 0.455. The van der Waals surface area contributed by atoms with Gasteiger partial charge in [0, 0.05) is 6.04 Å². The number of benzene rings is 1. The zero-order valence-electron chi connectivity index (χ0n) is 11.3. The summed E-state index contributed by atoms with van der Waals surface area (Å²) in [6.07, 6.45) is 5.51. The lowest BCUT2D eigenvalue weighted by atomic mass is 10.0. The second-order valence-electron chi connectivity index (χ2n) is 4.66. The van der Waals surface area contributed by atoms with Crippen LogP contribution in [0.25, 0.3) is 0 Å². The third-order valence-electron chi connectivity index (χ3n) is 3.21. The lowest BCUT2D eigenvalue weighted by Crippen LogP contribution is -2.29. The fourth-order valence-electron chi connectivity index (χ4n) is 2.08. The predicted octanol–water partition coefficient (Wildman–Crippen LogP) is 4.69. The standard InChI is InChI=1S/C15H23BrFN/c1-3-11-18-13(4-2)9-5-7-12-8-6-10-14(17)15(12)16/h6,8,10,13,18H,3-5,7,9,11H2,1-2H3. The van der Waals surface area contributed by atoms with Crippen molar-refractivity contribution in [2.24, 2.45) is 0 Å². The van der Waals surface area contributed by atoms with Gasteiger partial charge in [-0.3, -0.25) is 0 Å². The molecular formula is C15H23BrFN. The zero-order valence-corrected chi connectivity index (χ0v) is 12.9. The van der Waals surface area contributed by atoms with Gasteiger partial charge in [0.05, 0.1) is 4.47 Å². The first-order chi connectivity index (χ1) is 8.69. The van der Waals surface area contributed by atoms with Crippen molar-refractivity contribution in [2.45, 2.75) is 52.0 Å². The molecule has 0 aliphatic carbocycles. The summed E-state index contributed by atoms with van der Waals surface area (Å²) < 4.78 is 14.0. The quantitative estimate of drug-likeness (QED) is 0.734. The van der Waals surface area contributed by atoms with Crippen molar-refractivity contribution in [2.75, 3.05) is 6.54 Å². The van der Waals surface area contributed by atoms with Gasteiger partial charge in [-0.1, -0.05) is 26.0 Å². The highest BCUT2D eigenvalue weighted by Gasteiger charge is 2.07. The van der Waals surface area contributed by atoms with E-state index in [9.17, 15) is 4.39 Å². The van der Waals surface area contributed by atoms with Crippen molar-refractivity contribution < 1.29 is 4.39 Å². The van der Waals surface area contributed by atoms with E-state index in [1.807, 2.05) is 6.07 Å². The van der Waals surface area contributed by atoms with Crippen LogP contribution in [0.1, 0.15) is 45.1 Å². The monoisotopic (exact) mass is 315 g/mol. The number of hydrogen-bond acceptors (Lipinski definition) is 1. The van der Waals surface area contributed by atoms with Gasteiger partial charge < -0.3 is 5.32 Å². The molecule has 1 aromatic rings. The van der Waals surface area contributed by atoms with Gasteiger partial charge in [0.15, 0.2) is 0 Å². The summed E-state index contributed by atoms with van der Waals surface area (Å²) in [4.78, 5) is 0. The number of rotatable bonds is 8. The maximum atomic E-state index is 13.3. The minimum atomic E-state index is -0.163. The smallest absolute Gasteiger partial charge is 0.137 e. The fourth-order valence-corrected chi connectivity index (χ4v) is 2.54. The second-order valence-corrected chi connectivity index (χ2v) is 5.46. The largest absolute Gasteiger partial charge is 0.314 e. The molecule has 1 N–H and O–H groups in total. The van der Waals surface area contributed by atoms with Gasteiger partial charge >= 0.3 is 0 Å². The summed E-state index contributed by atoms with van der Waals surface area (Å²) in [6, 6.07) is 5.86. The van der Waals surface area contributed by atoms with Crippen LogP contribution in [-0.4, -0.2) is 12.6 Å². The van der Waals surface area contributed by atoms with Gasteiger partial charge in [-0.2, -0.15) is 0 Å². The molecule has 3 heteroatoms. The SMILES string of the molecule is CCCNC(CC)CCCc1cccc(F)c1Br. The molecule has 1 atom stereocenters. The topological polar surface area (TPSA) is 12.0 Å². The van der Waals surface area contributed by atoms with Crippen molar-refractivity contribution in [1.29, 1.82) is 0 Å². The normalized spacial score (nSPS) is 12.7. The highest BCUT2D eigenvalue weighted by molar-refractivity contribution is 9.10. The molecule has 0 heterocycles. The molecule has 0 saturated carbocycles. The Kier molecular flexibility index (Phi) is 7.52. The Morgan fingerprint density at radius 3 is 2.78 bits per heavy atom. The average Bonchev–Trinajstić information content (AvgIpc) is 2.38. The van der Waals surface area contributed by atoms with Crippen LogP contribution < -0.4 is 5.32 Å². The van der Waals surface area contributed by atoms with Crippen molar-refractivity contribution in [1.82, 2.24) is 5.32 Å². The minimum Gasteiger partial charge on any atom is -0.314 e. The Morgan fingerprint density at radius 2 is 2.11 bits per heavy atom. The van der Waals surface area contributed by atoms with E-state index < -0.39 is 0 Å². The summed E-state index contributed by atoms with van der Waals surface area (Å²) in [5.74, 6) is -0.163. The summed E-state index contributed by atoms with van der Waals surface area (Å²) in [6.45, 7) is 5.48. The van der Waals surface area contributed by atoms with Crippen LogP contribution in [0.3, 0.4) is 0 Å². The number of nitrogens with one attached hydrogen (secondary N) is 1. The molecule has 0 aliphatic heterocycles. The molecule has 18 heavy (non-hydrogen) atoms. The summed E-state index contributed by atoms with van der Waals surface area (Å²) in [5.41, 5.74) is 1.07. The fraction of sp³-hybridized carbons (Fsp3) is 0.600. The Hall–Kier alpha value is -0.410. The van der Waals surface area contributed by atoms with E-state index in [4.69, 9.17) is 0 Å². The van der Waals surface area contributed by atoms with E-state index >= 15 is 0 Å². The van der Waals surface area contributed by atoms with E-state index in [2.05, 4.69) is 35.1 Å². The Morgan fingerprint density at radius 1 is 1.33 bits per heavy atom. The minimum absolute atomic E-state index is 0.163. The van der Waals surface area contributed by atoms with E-state index in [0.29, 0.717) is 10.5 Å².